The highest BCUT2D eigenvalue weighted by atomic mass is 79.9. The molecule has 0 spiro atoms. The monoisotopic (exact) mass is 347 g/mol. The van der Waals surface area contributed by atoms with Crippen molar-refractivity contribution in [1.29, 1.82) is 5.41 Å². The van der Waals surface area contributed by atoms with Gasteiger partial charge in [-0.1, -0.05) is 28.1 Å². The summed E-state index contributed by atoms with van der Waals surface area (Å²) >= 11 is 4.74. The number of amidine groups is 1. The molecule has 2 aromatic carbocycles. The van der Waals surface area contributed by atoms with Crippen LogP contribution in [0.3, 0.4) is 0 Å². The number of nitrogens with two attached hydrogens (primary N) is 1. The van der Waals surface area contributed by atoms with E-state index in [1.165, 1.54) is 11.8 Å². The molecule has 6 heteroatoms. The molecule has 3 N–H and O–H groups in total. The lowest BCUT2D eigenvalue weighted by Gasteiger charge is -2.06. The highest BCUT2D eigenvalue weighted by molar-refractivity contribution is 9.10. The van der Waals surface area contributed by atoms with Gasteiger partial charge in [0, 0.05) is 14.9 Å². The SMILES string of the molecule is N=C(N)c1cc(Br)ccc1Sc1nc2ccccc2o1. The zero-order chi connectivity index (χ0) is 14.1. The first-order valence-corrected chi connectivity index (χ1v) is 7.42. The van der Waals surface area contributed by atoms with E-state index < -0.39 is 0 Å². The molecule has 0 aliphatic rings. The van der Waals surface area contributed by atoms with Crippen LogP contribution in [-0.2, 0) is 0 Å². The van der Waals surface area contributed by atoms with Gasteiger partial charge in [-0.05, 0) is 42.1 Å². The van der Waals surface area contributed by atoms with Crippen LogP contribution in [0.1, 0.15) is 5.56 Å². The average molecular weight is 348 g/mol. The Morgan fingerprint density at radius 3 is 2.80 bits per heavy atom. The van der Waals surface area contributed by atoms with Crippen molar-refractivity contribution < 1.29 is 4.42 Å². The topological polar surface area (TPSA) is 75.9 Å². The highest BCUT2D eigenvalue weighted by Gasteiger charge is 2.12. The van der Waals surface area contributed by atoms with Crippen molar-refractivity contribution in [3.05, 3.63) is 52.5 Å². The van der Waals surface area contributed by atoms with E-state index >= 15 is 0 Å². The van der Waals surface area contributed by atoms with E-state index in [9.17, 15) is 0 Å². The number of benzene rings is 2. The van der Waals surface area contributed by atoms with E-state index in [1.807, 2.05) is 42.5 Å². The van der Waals surface area contributed by atoms with Gasteiger partial charge in [-0.3, -0.25) is 5.41 Å². The van der Waals surface area contributed by atoms with Crippen molar-refractivity contribution in [3.8, 4) is 0 Å². The minimum Gasteiger partial charge on any atom is -0.431 e. The zero-order valence-electron chi connectivity index (χ0n) is 10.3. The van der Waals surface area contributed by atoms with Crippen molar-refractivity contribution in [2.75, 3.05) is 0 Å². The summed E-state index contributed by atoms with van der Waals surface area (Å²) in [5, 5.41) is 8.18. The Bertz CT molecular complexity index is 767. The van der Waals surface area contributed by atoms with Gasteiger partial charge in [-0.2, -0.15) is 0 Å². The van der Waals surface area contributed by atoms with Crippen LogP contribution in [-0.4, -0.2) is 10.8 Å². The normalized spacial score (nSPS) is 10.8. The van der Waals surface area contributed by atoms with Crippen molar-refractivity contribution in [2.24, 2.45) is 5.73 Å². The maximum Gasteiger partial charge on any atom is 0.261 e. The smallest absolute Gasteiger partial charge is 0.261 e. The van der Waals surface area contributed by atoms with Gasteiger partial charge in [-0.15, -0.1) is 0 Å². The van der Waals surface area contributed by atoms with Gasteiger partial charge >= 0.3 is 0 Å². The molecule has 0 fully saturated rings. The Kier molecular flexibility index (Phi) is 3.50. The Morgan fingerprint density at radius 2 is 2.05 bits per heavy atom. The lowest BCUT2D eigenvalue weighted by Crippen LogP contribution is -2.12. The molecule has 4 nitrogen and oxygen atoms in total. The number of hydrogen-bond acceptors (Lipinski definition) is 4. The number of fused-ring (bicyclic) bond motifs is 1. The molecular weight excluding hydrogens is 338 g/mol. The van der Waals surface area contributed by atoms with Gasteiger partial charge in [0.2, 0.25) is 0 Å². The third kappa shape index (κ3) is 2.57. The molecule has 20 heavy (non-hydrogen) atoms. The van der Waals surface area contributed by atoms with Crippen LogP contribution in [0.5, 0.6) is 0 Å². The fourth-order valence-corrected chi connectivity index (χ4v) is 3.03. The van der Waals surface area contributed by atoms with Crippen LogP contribution in [0, 0.1) is 5.41 Å². The highest BCUT2D eigenvalue weighted by Crippen LogP contribution is 2.33. The second-order valence-corrected chi connectivity index (χ2v) is 6.01. The predicted octanol–water partition coefficient (Wildman–Crippen LogP) is 4.03. The van der Waals surface area contributed by atoms with E-state index in [2.05, 4.69) is 20.9 Å². The fraction of sp³-hybridized carbons (Fsp3) is 0. The maximum atomic E-state index is 7.64. The number of halogens is 1. The van der Waals surface area contributed by atoms with Gasteiger partial charge < -0.3 is 10.2 Å². The number of para-hydroxylation sites is 2. The van der Waals surface area contributed by atoms with Crippen LogP contribution >= 0.6 is 27.7 Å². The van der Waals surface area contributed by atoms with Crippen LogP contribution in [0.15, 0.2) is 61.5 Å². The van der Waals surface area contributed by atoms with Crippen LogP contribution in [0.25, 0.3) is 11.1 Å². The van der Waals surface area contributed by atoms with Crippen LogP contribution in [0.2, 0.25) is 0 Å². The molecule has 3 aromatic rings. The Labute approximate surface area is 128 Å². The number of hydrogen-bond donors (Lipinski definition) is 2. The summed E-state index contributed by atoms with van der Waals surface area (Å²) in [6.07, 6.45) is 0. The molecule has 0 atom stereocenters. The van der Waals surface area contributed by atoms with E-state index in [0.29, 0.717) is 10.8 Å². The third-order valence-corrected chi connectivity index (χ3v) is 4.12. The number of oxazole rings is 1. The predicted molar refractivity (Wildman–Crippen MR) is 83.3 cm³/mol. The lowest BCUT2D eigenvalue weighted by molar-refractivity contribution is 0.489. The molecule has 0 bridgehead atoms. The average Bonchev–Trinajstić information content (AvgIpc) is 2.82. The summed E-state index contributed by atoms with van der Waals surface area (Å²) < 4.78 is 6.55. The number of rotatable bonds is 3. The van der Waals surface area contributed by atoms with Crippen molar-refractivity contribution in [1.82, 2.24) is 4.98 Å². The Balaban J connectivity index is 2.00. The summed E-state index contributed by atoms with van der Waals surface area (Å²) in [5.41, 5.74) is 7.83. The van der Waals surface area contributed by atoms with Gasteiger partial charge in [0.15, 0.2) is 5.58 Å². The van der Waals surface area contributed by atoms with E-state index in [0.717, 1.165) is 20.5 Å². The summed E-state index contributed by atoms with van der Waals surface area (Å²) in [6.45, 7) is 0. The largest absolute Gasteiger partial charge is 0.431 e. The molecule has 100 valence electrons. The molecular formula is C14H10BrN3OS. The van der Waals surface area contributed by atoms with Gasteiger partial charge in [-0.25, -0.2) is 4.98 Å². The molecule has 1 heterocycles. The van der Waals surface area contributed by atoms with Gasteiger partial charge in [0.05, 0.1) is 0 Å². The Morgan fingerprint density at radius 1 is 1.25 bits per heavy atom. The fourth-order valence-electron chi connectivity index (χ4n) is 1.79. The number of nitrogens with zero attached hydrogens (tertiary/aromatic N) is 1. The standard InChI is InChI=1S/C14H10BrN3OS/c15-8-5-6-12(9(7-8)13(16)17)20-14-18-10-3-1-2-4-11(10)19-14/h1-7H,(H3,16,17). The second kappa shape index (κ2) is 5.30. The number of nitrogens with one attached hydrogen (secondary N) is 1. The first kappa shape index (κ1) is 13.2. The Hall–Kier alpha value is -1.79. The number of aromatic nitrogens is 1. The molecule has 3 rings (SSSR count). The third-order valence-electron chi connectivity index (χ3n) is 2.70. The van der Waals surface area contributed by atoms with Crippen LogP contribution < -0.4 is 5.73 Å². The van der Waals surface area contributed by atoms with Gasteiger partial charge in [0.25, 0.3) is 5.22 Å². The molecule has 0 saturated carbocycles. The molecule has 0 unspecified atom stereocenters. The van der Waals surface area contributed by atoms with E-state index in [-0.39, 0.29) is 5.84 Å². The number of nitrogen functional groups attached to an aromatic ring is 1. The molecule has 1 aromatic heterocycles. The quantitative estimate of drug-likeness (QED) is 0.554. The summed E-state index contributed by atoms with van der Waals surface area (Å²) in [5.74, 6) is 0.0184. The minimum absolute atomic E-state index is 0.0184. The first-order chi connectivity index (χ1) is 9.63. The summed E-state index contributed by atoms with van der Waals surface area (Å²) in [7, 11) is 0. The maximum absolute atomic E-state index is 7.64. The lowest BCUT2D eigenvalue weighted by atomic mass is 10.2. The second-order valence-electron chi connectivity index (χ2n) is 4.10. The summed E-state index contributed by atoms with van der Waals surface area (Å²) in [4.78, 5) is 5.24. The van der Waals surface area contributed by atoms with Crippen molar-refractivity contribution >= 4 is 44.6 Å². The van der Waals surface area contributed by atoms with E-state index in [4.69, 9.17) is 15.6 Å². The first-order valence-electron chi connectivity index (χ1n) is 5.81. The molecule has 0 radical (unpaired) electrons. The molecule has 0 aliphatic carbocycles. The summed E-state index contributed by atoms with van der Waals surface area (Å²) in [6, 6.07) is 13.2. The molecule has 0 amide bonds. The van der Waals surface area contributed by atoms with Crippen LogP contribution in [0.4, 0.5) is 0 Å². The van der Waals surface area contributed by atoms with Gasteiger partial charge in [0.1, 0.15) is 11.4 Å². The van der Waals surface area contributed by atoms with E-state index in [1.54, 1.807) is 0 Å². The molecule has 0 saturated heterocycles. The molecule has 0 aliphatic heterocycles. The van der Waals surface area contributed by atoms with Crippen molar-refractivity contribution in [2.45, 2.75) is 10.1 Å². The van der Waals surface area contributed by atoms with Crippen molar-refractivity contribution in [3.63, 3.8) is 0 Å². The minimum atomic E-state index is 0.0184. The zero-order valence-corrected chi connectivity index (χ0v) is 12.7.